The summed E-state index contributed by atoms with van der Waals surface area (Å²) in [7, 11) is 0. The quantitative estimate of drug-likeness (QED) is 0.485. The second-order valence-electron chi connectivity index (χ2n) is 7.79. The number of fused-ring (bicyclic) bond motifs is 3. The van der Waals surface area contributed by atoms with Gasteiger partial charge in [-0.15, -0.1) is 0 Å². The molecule has 1 aliphatic heterocycles. The molecule has 0 bridgehead atoms. The number of rotatable bonds is 0. The summed E-state index contributed by atoms with van der Waals surface area (Å²) in [6.07, 6.45) is 8.47. The predicted octanol–water partition coefficient (Wildman–Crippen LogP) is 4.10. The Bertz CT molecular complexity index is 435. The summed E-state index contributed by atoms with van der Waals surface area (Å²) in [5.41, 5.74) is 1.60. The van der Waals surface area contributed by atoms with Crippen molar-refractivity contribution in [1.29, 1.82) is 0 Å². The van der Waals surface area contributed by atoms with Crippen molar-refractivity contribution in [3.63, 3.8) is 0 Å². The highest BCUT2D eigenvalue weighted by Gasteiger charge is 2.62. The zero-order valence-electron chi connectivity index (χ0n) is 12.7. The third kappa shape index (κ3) is 2.04. The Labute approximate surface area is 116 Å². The van der Waals surface area contributed by atoms with Crippen LogP contribution in [0, 0.1) is 22.7 Å². The van der Waals surface area contributed by atoms with E-state index in [2.05, 4.69) is 33.8 Å². The van der Waals surface area contributed by atoms with Gasteiger partial charge in [-0.3, -0.25) is 4.79 Å². The van der Waals surface area contributed by atoms with E-state index in [-0.39, 0.29) is 17.5 Å². The molecule has 0 radical (unpaired) electrons. The van der Waals surface area contributed by atoms with Crippen molar-refractivity contribution in [2.75, 3.05) is 0 Å². The second-order valence-corrected chi connectivity index (χ2v) is 7.79. The zero-order valence-corrected chi connectivity index (χ0v) is 12.7. The summed E-state index contributed by atoms with van der Waals surface area (Å²) in [5.74, 6) is 1.03. The van der Waals surface area contributed by atoms with Crippen LogP contribution in [-0.4, -0.2) is 12.1 Å². The summed E-state index contributed by atoms with van der Waals surface area (Å²) in [4.78, 5) is 12.2. The smallest absolute Gasteiger partial charge is 0.312 e. The maximum Gasteiger partial charge on any atom is 0.312 e. The van der Waals surface area contributed by atoms with Gasteiger partial charge >= 0.3 is 5.97 Å². The number of carbonyl (C=O) groups excluding carboxylic acids is 1. The van der Waals surface area contributed by atoms with Gasteiger partial charge in [0.05, 0.1) is 5.41 Å². The molecule has 2 heteroatoms. The topological polar surface area (TPSA) is 26.3 Å². The van der Waals surface area contributed by atoms with Crippen molar-refractivity contribution in [2.24, 2.45) is 22.7 Å². The van der Waals surface area contributed by atoms with Crippen molar-refractivity contribution >= 4 is 5.97 Å². The van der Waals surface area contributed by atoms with Crippen LogP contribution in [0.5, 0.6) is 0 Å². The molecule has 2 nitrogen and oxygen atoms in total. The molecule has 4 atom stereocenters. The first-order valence-corrected chi connectivity index (χ1v) is 7.71. The van der Waals surface area contributed by atoms with E-state index in [0.717, 1.165) is 12.8 Å². The lowest BCUT2D eigenvalue weighted by atomic mass is 9.73. The average Bonchev–Trinajstić information content (AvgIpc) is 2.92. The van der Waals surface area contributed by atoms with Crippen molar-refractivity contribution in [1.82, 2.24) is 0 Å². The number of hydrogen-bond acceptors (Lipinski definition) is 2. The summed E-state index contributed by atoms with van der Waals surface area (Å²) in [6.45, 7) is 8.75. The van der Waals surface area contributed by atoms with E-state index < -0.39 is 0 Å². The monoisotopic (exact) mass is 262 g/mol. The summed E-state index contributed by atoms with van der Waals surface area (Å²) >= 11 is 0. The van der Waals surface area contributed by atoms with Gasteiger partial charge in [-0.2, -0.15) is 0 Å². The molecular weight excluding hydrogens is 236 g/mol. The normalized spacial score (nSPS) is 44.7. The van der Waals surface area contributed by atoms with Gasteiger partial charge in [0.15, 0.2) is 0 Å². The minimum Gasteiger partial charge on any atom is -0.461 e. The first-order valence-electron chi connectivity index (χ1n) is 7.71. The highest BCUT2D eigenvalue weighted by atomic mass is 16.6. The molecular formula is C17H26O2. The Morgan fingerprint density at radius 1 is 1.26 bits per heavy atom. The van der Waals surface area contributed by atoms with Crippen LogP contribution in [-0.2, 0) is 9.53 Å². The average molecular weight is 262 g/mol. The standard InChI is InChI=1S/C17H26O2/c1-11-6-5-9-17(4)10-13(17)14-12(8-7-11)16(2,3)15(18)19-14/h6,12-14H,5,7-10H2,1-4H3. The lowest BCUT2D eigenvalue weighted by molar-refractivity contribution is -0.148. The lowest BCUT2D eigenvalue weighted by Crippen LogP contribution is -2.30. The maximum absolute atomic E-state index is 12.2. The van der Waals surface area contributed by atoms with Crippen LogP contribution < -0.4 is 0 Å². The summed E-state index contributed by atoms with van der Waals surface area (Å²) in [5, 5.41) is 0. The molecule has 106 valence electrons. The Kier molecular flexibility index (Phi) is 2.85. The van der Waals surface area contributed by atoms with Gasteiger partial charge in [0.25, 0.3) is 0 Å². The number of esters is 1. The molecule has 19 heavy (non-hydrogen) atoms. The highest BCUT2D eigenvalue weighted by Crippen LogP contribution is 2.63. The fraction of sp³-hybridized carbons (Fsp3) is 0.824. The summed E-state index contributed by atoms with van der Waals surface area (Å²) in [6, 6.07) is 0. The minimum atomic E-state index is -0.298. The Morgan fingerprint density at radius 2 is 2.00 bits per heavy atom. The largest absolute Gasteiger partial charge is 0.461 e. The molecule has 1 saturated heterocycles. The molecule has 0 aromatic rings. The van der Waals surface area contributed by atoms with Gasteiger partial charge in [-0.1, -0.05) is 18.6 Å². The first kappa shape index (κ1) is 13.2. The maximum atomic E-state index is 12.2. The molecule has 0 aromatic carbocycles. The summed E-state index contributed by atoms with van der Waals surface area (Å²) < 4.78 is 5.81. The molecule has 0 spiro atoms. The number of ether oxygens (including phenoxy) is 1. The molecule has 2 fully saturated rings. The van der Waals surface area contributed by atoms with E-state index in [1.807, 2.05) is 0 Å². The van der Waals surface area contributed by atoms with Crippen LogP contribution >= 0.6 is 0 Å². The van der Waals surface area contributed by atoms with E-state index in [0.29, 0.717) is 17.3 Å². The van der Waals surface area contributed by atoms with Crippen LogP contribution in [0.3, 0.4) is 0 Å². The van der Waals surface area contributed by atoms with E-state index in [1.54, 1.807) is 0 Å². The zero-order chi connectivity index (χ0) is 13.8. The van der Waals surface area contributed by atoms with Crippen LogP contribution in [0.4, 0.5) is 0 Å². The van der Waals surface area contributed by atoms with Crippen molar-refractivity contribution in [3.05, 3.63) is 11.6 Å². The van der Waals surface area contributed by atoms with Gasteiger partial charge in [-0.25, -0.2) is 0 Å². The molecule has 2 aliphatic carbocycles. The fourth-order valence-electron chi connectivity index (χ4n) is 4.18. The van der Waals surface area contributed by atoms with Gasteiger partial charge in [0.2, 0.25) is 0 Å². The molecule has 3 rings (SSSR count). The highest BCUT2D eigenvalue weighted by molar-refractivity contribution is 5.79. The van der Waals surface area contributed by atoms with E-state index in [9.17, 15) is 4.79 Å². The minimum absolute atomic E-state index is 0.0256. The van der Waals surface area contributed by atoms with Crippen molar-refractivity contribution < 1.29 is 9.53 Å². The van der Waals surface area contributed by atoms with Gasteiger partial charge in [-0.05, 0) is 58.3 Å². The third-order valence-electron chi connectivity index (χ3n) is 5.97. The molecule has 1 saturated carbocycles. The van der Waals surface area contributed by atoms with Gasteiger partial charge in [0, 0.05) is 11.8 Å². The van der Waals surface area contributed by atoms with Crippen LogP contribution in [0.1, 0.15) is 59.8 Å². The van der Waals surface area contributed by atoms with E-state index in [4.69, 9.17) is 4.74 Å². The van der Waals surface area contributed by atoms with Crippen molar-refractivity contribution in [2.45, 2.75) is 65.9 Å². The third-order valence-corrected chi connectivity index (χ3v) is 5.97. The molecule has 0 N–H and O–H groups in total. The van der Waals surface area contributed by atoms with Gasteiger partial charge in [0.1, 0.15) is 6.10 Å². The Hall–Kier alpha value is -0.790. The molecule has 4 unspecified atom stereocenters. The van der Waals surface area contributed by atoms with Crippen LogP contribution in [0.2, 0.25) is 0 Å². The second kappa shape index (κ2) is 4.10. The molecule has 0 amide bonds. The molecule has 3 aliphatic rings. The Balaban J connectivity index is 1.90. The number of allylic oxidation sites excluding steroid dienone is 2. The fourth-order valence-corrected chi connectivity index (χ4v) is 4.18. The molecule has 1 heterocycles. The molecule has 0 aromatic heterocycles. The van der Waals surface area contributed by atoms with Crippen molar-refractivity contribution in [3.8, 4) is 0 Å². The predicted molar refractivity (Wildman–Crippen MR) is 75.6 cm³/mol. The number of carbonyl (C=O) groups is 1. The Morgan fingerprint density at radius 3 is 2.74 bits per heavy atom. The lowest BCUT2D eigenvalue weighted by Gasteiger charge is -2.27. The van der Waals surface area contributed by atoms with E-state index >= 15 is 0 Å². The van der Waals surface area contributed by atoms with E-state index in [1.165, 1.54) is 24.8 Å². The SMILES string of the molecule is CC1=CCCC2(C)CC2C2OC(=O)C(C)(C)C2CC1. The number of hydrogen-bond donors (Lipinski definition) is 0. The van der Waals surface area contributed by atoms with Crippen LogP contribution in [0.25, 0.3) is 0 Å². The van der Waals surface area contributed by atoms with Crippen LogP contribution in [0.15, 0.2) is 11.6 Å². The first-order chi connectivity index (χ1) is 8.84. The van der Waals surface area contributed by atoms with Gasteiger partial charge < -0.3 is 4.74 Å².